The summed E-state index contributed by atoms with van der Waals surface area (Å²) in [5.74, 6) is 1.73. The van der Waals surface area contributed by atoms with Gasteiger partial charge < -0.3 is 10.1 Å². The van der Waals surface area contributed by atoms with Gasteiger partial charge in [0.05, 0.1) is 22.3 Å². The lowest BCUT2D eigenvalue weighted by molar-refractivity contribution is 0.167. The zero-order valence-electron chi connectivity index (χ0n) is 19.2. The Morgan fingerprint density at radius 1 is 1.15 bits per heavy atom. The van der Waals surface area contributed by atoms with Gasteiger partial charge in [-0.25, -0.2) is 4.98 Å². The van der Waals surface area contributed by atoms with Crippen molar-refractivity contribution in [1.29, 1.82) is 5.26 Å². The number of likely N-dealkylation sites (tertiary alicyclic amines) is 1. The second-order valence-electron chi connectivity index (χ2n) is 8.54. The van der Waals surface area contributed by atoms with E-state index in [2.05, 4.69) is 79.4 Å². The number of aryl methyl sites for hydroxylation is 2. The van der Waals surface area contributed by atoms with Crippen molar-refractivity contribution < 1.29 is 4.74 Å². The van der Waals surface area contributed by atoms with Crippen molar-refractivity contribution in [2.45, 2.75) is 45.7 Å². The maximum atomic E-state index is 9.18. The quantitative estimate of drug-likeness (QED) is 0.432. The first-order chi connectivity index (χ1) is 15.9. The SMILES string of the molecule is Cc1cc(C#N)cc(C)c1Oc1nc(NC2CCN(C(C)c3ccccc3)CC2)ncc1Br. The van der Waals surface area contributed by atoms with Crippen LogP contribution >= 0.6 is 15.9 Å². The third-order valence-electron chi connectivity index (χ3n) is 6.19. The molecule has 0 spiro atoms. The topological polar surface area (TPSA) is 74.1 Å². The van der Waals surface area contributed by atoms with Crippen molar-refractivity contribution in [3.05, 3.63) is 75.4 Å². The van der Waals surface area contributed by atoms with Crippen LogP contribution in [0.3, 0.4) is 0 Å². The maximum Gasteiger partial charge on any atom is 0.238 e. The highest BCUT2D eigenvalue weighted by Crippen LogP contribution is 2.33. The van der Waals surface area contributed by atoms with Gasteiger partial charge >= 0.3 is 0 Å². The molecule has 1 N–H and O–H groups in total. The zero-order chi connectivity index (χ0) is 23.4. The lowest BCUT2D eigenvalue weighted by Crippen LogP contribution is -2.40. The lowest BCUT2D eigenvalue weighted by atomic mass is 10.0. The minimum absolute atomic E-state index is 0.316. The summed E-state index contributed by atoms with van der Waals surface area (Å²) in [6.45, 7) is 8.19. The van der Waals surface area contributed by atoms with Crippen LogP contribution in [0.5, 0.6) is 11.6 Å². The number of hydrogen-bond donors (Lipinski definition) is 1. The highest BCUT2D eigenvalue weighted by Gasteiger charge is 2.24. The van der Waals surface area contributed by atoms with E-state index in [9.17, 15) is 5.26 Å². The van der Waals surface area contributed by atoms with Crippen LogP contribution in [-0.4, -0.2) is 34.0 Å². The Morgan fingerprint density at radius 2 is 1.82 bits per heavy atom. The van der Waals surface area contributed by atoms with E-state index in [0.717, 1.165) is 37.1 Å². The van der Waals surface area contributed by atoms with Crippen LogP contribution in [0.15, 0.2) is 53.1 Å². The minimum atomic E-state index is 0.316. The van der Waals surface area contributed by atoms with E-state index in [1.165, 1.54) is 5.56 Å². The lowest BCUT2D eigenvalue weighted by Gasteiger charge is -2.36. The Morgan fingerprint density at radius 3 is 2.45 bits per heavy atom. The molecule has 170 valence electrons. The van der Waals surface area contributed by atoms with Crippen LogP contribution in [0, 0.1) is 25.2 Å². The van der Waals surface area contributed by atoms with E-state index >= 15 is 0 Å². The van der Waals surface area contributed by atoms with Crippen LogP contribution in [0.25, 0.3) is 0 Å². The number of anilines is 1. The first-order valence-corrected chi connectivity index (χ1v) is 12.0. The third-order valence-corrected chi connectivity index (χ3v) is 6.74. The molecule has 2 aromatic carbocycles. The number of halogens is 1. The van der Waals surface area contributed by atoms with Gasteiger partial charge in [0.2, 0.25) is 11.8 Å². The molecular weight excluding hydrogens is 478 g/mol. The normalized spacial score (nSPS) is 15.6. The Labute approximate surface area is 203 Å². The van der Waals surface area contributed by atoms with Gasteiger partial charge in [-0.15, -0.1) is 0 Å². The maximum absolute atomic E-state index is 9.18. The predicted octanol–water partition coefficient (Wildman–Crippen LogP) is 6.16. The van der Waals surface area contributed by atoms with Crippen molar-refractivity contribution in [3.8, 4) is 17.7 Å². The number of hydrogen-bond acceptors (Lipinski definition) is 6. The number of aromatic nitrogens is 2. The Hall–Kier alpha value is -2.95. The Kier molecular flexibility index (Phi) is 7.26. The van der Waals surface area contributed by atoms with Crippen molar-refractivity contribution in [2.75, 3.05) is 18.4 Å². The summed E-state index contributed by atoms with van der Waals surface area (Å²) < 4.78 is 6.82. The largest absolute Gasteiger partial charge is 0.437 e. The van der Waals surface area contributed by atoms with Gasteiger partial charge in [-0.05, 0) is 78.4 Å². The highest BCUT2D eigenvalue weighted by atomic mass is 79.9. The molecule has 6 nitrogen and oxygen atoms in total. The zero-order valence-corrected chi connectivity index (χ0v) is 20.8. The standard InChI is InChI=1S/C26H28BrN5O/c1-17-13-20(15-28)14-18(2)24(17)33-25-23(27)16-29-26(31-25)30-22-9-11-32(12-10-22)19(3)21-7-5-4-6-8-21/h4-8,13-14,16,19,22H,9-12H2,1-3H3,(H,29,30,31). The summed E-state index contributed by atoms with van der Waals surface area (Å²) in [6, 6.07) is 17.2. The molecule has 2 heterocycles. The molecule has 1 unspecified atom stereocenters. The molecule has 1 saturated heterocycles. The summed E-state index contributed by atoms with van der Waals surface area (Å²) in [5.41, 5.74) is 3.77. The van der Waals surface area contributed by atoms with E-state index < -0.39 is 0 Å². The molecule has 1 atom stereocenters. The molecular formula is C26H28BrN5O. The van der Waals surface area contributed by atoms with E-state index in [4.69, 9.17) is 4.74 Å². The van der Waals surface area contributed by atoms with E-state index in [1.807, 2.05) is 26.0 Å². The molecule has 1 aromatic heterocycles. The Balaban J connectivity index is 1.41. The van der Waals surface area contributed by atoms with Gasteiger partial charge in [0, 0.05) is 25.2 Å². The number of nitriles is 1. The van der Waals surface area contributed by atoms with Crippen LogP contribution in [-0.2, 0) is 0 Å². The van der Waals surface area contributed by atoms with Gasteiger partial charge in [-0.3, -0.25) is 4.90 Å². The third kappa shape index (κ3) is 5.52. The van der Waals surface area contributed by atoms with Gasteiger partial charge in [-0.2, -0.15) is 10.2 Å². The average molecular weight is 506 g/mol. The monoisotopic (exact) mass is 505 g/mol. The number of ether oxygens (including phenoxy) is 1. The van der Waals surface area contributed by atoms with Crippen LogP contribution in [0.1, 0.15) is 48.1 Å². The molecule has 1 fully saturated rings. The van der Waals surface area contributed by atoms with Gasteiger partial charge in [0.25, 0.3) is 0 Å². The average Bonchev–Trinajstić information content (AvgIpc) is 2.83. The molecule has 0 amide bonds. The molecule has 0 bridgehead atoms. The fraction of sp³-hybridized carbons (Fsp3) is 0.346. The number of benzene rings is 2. The fourth-order valence-electron chi connectivity index (χ4n) is 4.32. The number of nitrogens with one attached hydrogen (secondary N) is 1. The van der Waals surface area contributed by atoms with Gasteiger partial charge in [0.1, 0.15) is 5.75 Å². The van der Waals surface area contributed by atoms with Crippen LogP contribution in [0.2, 0.25) is 0 Å². The molecule has 1 aliphatic heterocycles. The molecule has 0 saturated carbocycles. The molecule has 7 heteroatoms. The van der Waals surface area contributed by atoms with Crippen molar-refractivity contribution >= 4 is 21.9 Å². The minimum Gasteiger partial charge on any atom is -0.437 e. The molecule has 0 aliphatic carbocycles. The number of rotatable bonds is 6. The summed E-state index contributed by atoms with van der Waals surface area (Å²) in [5, 5.41) is 12.7. The van der Waals surface area contributed by atoms with E-state index in [1.54, 1.807) is 6.20 Å². The van der Waals surface area contributed by atoms with Crippen LogP contribution < -0.4 is 10.1 Å². The van der Waals surface area contributed by atoms with Crippen molar-refractivity contribution in [1.82, 2.24) is 14.9 Å². The molecule has 33 heavy (non-hydrogen) atoms. The summed E-state index contributed by atoms with van der Waals surface area (Å²) in [6.07, 6.45) is 3.77. The molecule has 0 radical (unpaired) electrons. The first-order valence-electron chi connectivity index (χ1n) is 11.2. The fourth-order valence-corrected chi connectivity index (χ4v) is 4.59. The van der Waals surface area contributed by atoms with Crippen LogP contribution in [0.4, 0.5) is 5.95 Å². The highest BCUT2D eigenvalue weighted by molar-refractivity contribution is 9.10. The van der Waals surface area contributed by atoms with Gasteiger partial charge in [-0.1, -0.05) is 30.3 Å². The van der Waals surface area contributed by atoms with Crippen molar-refractivity contribution in [3.63, 3.8) is 0 Å². The number of piperidine rings is 1. The first kappa shape index (κ1) is 23.2. The molecule has 4 rings (SSSR count). The smallest absolute Gasteiger partial charge is 0.238 e. The van der Waals surface area contributed by atoms with E-state index in [0.29, 0.717) is 39.7 Å². The molecule has 3 aromatic rings. The summed E-state index contributed by atoms with van der Waals surface area (Å²) >= 11 is 3.50. The Bertz CT molecular complexity index is 1130. The van der Waals surface area contributed by atoms with Crippen molar-refractivity contribution in [2.24, 2.45) is 0 Å². The predicted molar refractivity (Wildman–Crippen MR) is 134 cm³/mol. The summed E-state index contributed by atoms with van der Waals surface area (Å²) in [4.78, 5) is 11.6. The van der Waals surface area contributed by atoms with E-state index in [-0.39, 0.29) is 0 Å². The second-order valence-corrected chi connectivity index (χ2v) is 9.40. The molecule has 1 aliphatic rings. The van der Waals surface area contributed by atoms with Gasteiger partial charge in [0.15, 0.2) is 0 Å². The summed E-state index contributed by atoms with van der Waals surface area (Å²) in [7, 11) is 0. The number of nitrogens with zero attached hydrogens (tertiary/aromatic N) is 4. The second kappa shape index (κ2) is 10.3.